The van der Waals surface area contributed by atoms with E-state index < -0.39 is 0 Å². The monoisotopic (exact) mass is 377 g/mol. The summed E-state index contributed by atoms with van der Waals surface area (Å²) in [5, 5.41) is 8.46. The molecule has 6 nitrogen and oxygen atoms in total. The zero-order chi connectivity index (χ0) is 19.8. The van der Waals surface area contributed by atoms with Gasteiger partial charge < -0.3 is 20.4 Å². The van der Waals surface area contributed by atoms with E-state index in [1.54, 1.807) is 36.4 Å². The molecule has 0 spiro atoms. The number of rotatable bonds is 7. The Kier molecular flexibility index (Phi) is 6.46. The van der Waals surface area contributed by atoms with Crippen molar-refractivity contribution in [3.05, 3.63) is 84.3 Å². The number of urea groups is 1. The van der Waals surface area contributed by atoms with E-state index in [4.69, 9.17) is 4.42 Å². The number of hydrogen-bond donors (Lipinski definition) is 3. The van der Waals surface area contributed by atoms with Gasteiger partial charge in [0.25, 0.3) is 5.91 Å². The fourth-order valence-corrected chi connectivity index (χ4v) is 2.77. The molecule has 0 aliphatic rings. The van der Waals surface area contributed by atoms with Crippen LogP contribution in [0.3, 0.4) is 0 Å². The fourth-order valence-electron chi connectivity index (χ4n) is 2.77. The van der Waals surface area contributed by atoms with E-state index in [0.29, 0.717) is 11.4 Å². The van der Waals surface area contributed by atoms with Crippen molar-refractivity contribution in [1.82, 2.24) is 5.32 Å². The number of benzene rings is 2. The highest BCUT2D eigenvalue weighted by atomic mass is 16.3. The van der Waals surface area contributed by atoms with Crippen molar-refractivity contribution in [1.29, 1.82) is 0 Å². The minimum absolute atomic E-state index is 0.0297. The van der Waals surface area contributed by atoms with E-state index in [0.717, 1.165) is 12.8 Å². The SMILES string of the molecule is CC(CCc1ccccc1)NC(=O)Nc1cccc(NC(=O)c2ccco2)c1. The zero-order valence-corrected chi connectivity index (χ0v) is 15.6. The predicted molar refractivity (Wildman–Crippen MR) is 109 cm³/mol. The highest BCUT2D eigenvalue weighted by Crippen LogP contribution is 2.16. The van der Waals surface area contributed by atoms with Crippen LogP contribution in [0.2, 0.25) is 0 Å². The highest BCUT2D eigenvalue weighted by Gasteiger charge is 2.10. The molecule has 0 saturated carbocycles. The molecule has 3 N–H and O–H groups in total. The van der Waals surface area contributed by atoms with Gasteiger partial charge in [0.1, 0.15) is 0 Å². The Bertz CT molecular complexity index is 908. The zero-order valence-electron chi connectivity index (χ0n) is 15.6. The Balaban J connectivity index is 1.49. The van der Waals surface area contributed by atoms with Gasteiger partial charge >= 0.3 is 6.03 Å². The van der Waals surface area contributed by atoms with E-state index in [1.807, 2.05) is 25.1 Å². The van der Waals surface area contributed by atoms with Crippen molar-refractivity contribution >= 4 is 23.3 Å². The van der Waals surface area contributed by atoms with Crippen molar-refractivity contribution in [2.75, 3.05) is 10.6 Å². The maximum atomic E-state index is 12.2. The smallest absolute Gasteiger partial charge is 0.319 e. The van der Waals surface area contributed by atoms with Gasteiger partial charge in [0.2, 0.25) is 0 Å². The van der Waals surface area contributed by atoms with Gasteiger partial charge in [-0.3, -0.25) is 4.79 Å². The maximum absolute atomic E-state index is 12.2. The molecule has 6 heteroatoms. The molecule has 1 aromatic heterocycles. The average molecular weight is 377 g/mol. The first kappa shape index (κ1) is 19.2. The maximum Gasteiger partial charge on any atom is 0.319 e. The first-order valence-electron chi connectivity index (χ1n) is 9.16. The van der Waals surface area contributed by atoms with Crippen molar-refractivity contribution in [2.45, 2.75) is 25.8 Å². The molecule has 3 aromatic rings. The second kappa shape index (κ2) is 9.41. The Labute approximate surface area is 164 Å². The number of anilines is 2. The third-order valence-corrected chi connectivity index (χ3v) is 4.21. The van der Waals surface area contributed by atoms with Crippen LogP contribution in [0, 0.1) is 0 Å². The molecule has 28 heavy (non-hydrogen) atoms. The molecule has 1 atom stereocenters. The summed E-state index contributed by atoms with van der Waals surface area (Å²) < 4.78 is 5.07. The number of furan rings is 1. The quantitative estimate of drug-likeness (QED) is 0.559. The van der Waals surface area contributed by atoms with Crippen LogP contribution in [0.4, 0.5) is 16.2 Å². The fraction of sp³-hybridized carbons (Fsp3) is 0.182. The van der Waals surface area contributed by atoms with Crippen LogP contribution in [0.15, 0.2) is 77.4 Å². The lowest BCUT2D eigenvalue weighted by Gasteiger charge is -2.15. The highest BCUT2D eigenvalue weighted by molar-refractivity contribution is 6.02. The molecule has 0 saturated heterocycles. The second-order valence-corrected chi connectivity index (χ2v) is 6.54. The van der Waals surface area contributed by atoms with Crippen LogP contribution >= 0.6 is 0 Å². The van der Waals surface area contributed by atoms with E-state index in [-0.39, 0.29) is 23.7 Å². The summed E-state index contributed by atoms with van der Waals surface area (Å²) >= 11 is 0. The molecule has 0 radical (unpaired) electrons. The summed E-state index contributed by atoms with van der Waals surface area (Å²) in [6.07, 6.45) is 3.18. The second-order valence-electron chi connectivity index (χ2n) is 6.54. The Morgan fingerprint density at radius 3 is 2.39 bits per heavy atom. The Morgan fingerprint density at radius 2 is 1.68 bits per heavy atom. The van der Waals surface area contributed by atoms with Crippen LogP contribution in [0.25, 0.3) is 0 Å². The molecule has 0 fully saturated rings. The molecule has 3 amide bonds. The molecule has 1 unspecified atom stereocenters. The molecule has 1 heterocycles. The lowest BCUT2D eigenvalue weighted by Crippen LogP contribution is -2.36. The normalized spacial score (nSPS) is 11.5. The van der Waals surface area contributed by atoms with Crippen LogP contribution in [0.5, 0.6) is 0 Å². The number of aryl methyl sites for hydroxylation is 1. The first-order valence-corrected chi connectivity index (χ1v) is 9.16. The minimum Gasteiger partial charge on any atom is -0.459 e. The summed E-state index contributed by atoms with van der Waals surface area (Å²) in [5.41, 5.74) is 2.40. The summed E-state index contributed by atoms with van der Waals surface area (Å²) in [5.74, 6) is -0.121. The number of amides is 3. The lowest BCUT2D eigenvalue weighted by molar-refractivity contribution is 0.0996. The summed E-state index contributed by atoms with van der Waals surface area (Å²) in [6.45, 7) is 1.97. The van der Waals surface area contributed by atoms with E-state index in [9.17, 15) is 9.59 Å². The Morgan fingerprint density at radius 1 is 0.929 bits per heavy atom. The van der Waals surface area contributed by atoms with Crippen LogP contribution in [-0.4, -0.2) is 18.0 Å². The first-order chi connectivity index (χ1) is 13.6. The van der Waals surface area contributed by atoms with Crippen molar-refractivity contribution < 1.29 is 14.0 Å². The summed E-state index contributed by atoms with van der Waals surface area (Å²) in [4.78, 5) is 24.3. The van der Waals surface area contributed by atoms with Gasteiger partial charge in [0, 0.05) is 17.4 Å². The molecule has 0 aliphatic heterocycles. The lowest BCUT2D eigenvalue weighted by atomic mass is 10.1. The van der Waals surface area contributed by atoms with Crippen molar-refractivity contribution in [3.8, 4) is 0 Å². The van der Waals surface area contributed by atoms with Gasteiger partial charge in [-0.25, -0.2) is 4.79 Å². The van der Waals surface area contributed by atoms with Gasteiger partial charge in [-0.2, -0.15) is 0 Å². The molecule has 0 aliphatic carbocycles. The van der Waals surface area contributed by atoms with E-state index in [2.05, 4.69) is 28.1 Å². The molecule has 3 rings (SSSR count). The van der Waals surface area contributed by atoms with Crippen molar-refractivity contribution in [3.63, 3.8) is 0 Å². The average Bonchev–Trinajstić information content (AvgIpc) is 3.22. The van der Waals surface area contributed by atoms with Crippen molar-refractivity contribution in [2.24, 2.45) is 0 Å². The van der Waals surface area contributed by atoms with Crippen LogP contribution < -0.4 is 16.0 Å². The van der Waals surface area contributed by atoms with Gasteiger partial charge in [0.05, 0.1) is 6.26 Å². The molecule has 2 aromatic carbocycles. The standard InChI is InChI=1S/C22H23N3O3/c1-16(12-13-17-7-3-2-4-8-17)23-22(27)25-19-10-5-9-18(15-19)24-21(26)20-11-6-14-28-20/h2-11,14-16H,12-13H2,1H3,(H,24,26)(H2,23,25,27). The van der Waals surface area contributed by atoms with Gasteiger partial charge in [0.15, 0.2) is 5.76 Å². The predicted octanol–water partition coefficient (Wildman–Crippen LogP) is 4.67. The summed E-state index contributed by atoms with van der Waals surface area (Å²) in [6, 6.07) is 20.1. The number of nitrogens with one attached hydrogen (secondary N) is 3. The molecular formula is C22H23N3O3. The number of carbonyl (C=O) groups excluding carboxylic acids is 2. The van der Waals surface area contributed by atoms with Crippen LogP contribution in [0.1, 0.15) is 29.5 Å². The topological polar surface area (TPSA) is 83.4 Å². The van der Waals surface area contributed by atoms with Gasteiger partial charge in [-0.15, -0.1) is 0 Å². The number of carbonyl (C=O) groups is 2. The van der Waals surface area contributed by atoms with Gasteiger partial charge in [-0.1, -0.05) is 36.4 Å². The third-order valence-electron chi connectivity index (χ3n) is 4.21. The van der Waals surface area contributed by atoms with E-state index >= 15 is 0 Å². The molecule has 0 bridgehead atoms. The van der Waals surface area contributed by atoms with Crippen LogP contribution in [-0.2, 0) is 6.42 Å². The molecular weight excluding hydrogens is 354 g/mol. The largest absolute Gasteiger partial charge is 0.459 e. The van der Waals surface area contributed by atoms with E-state index in [1.165, 1.54) is 11.8 Å². The third kappa shape index (κ3) is 5.74. The molecule has 144 valence electrons. The summed E-state index contributed by atoms with van der Waals surface area (Å²) in [7, 11) is 0. The minimum atomic E-state index is -0.346. The Hall–Kier alpha value is -3.54. The number of hydrogen-bond acceptors (Lipinski definition) is 3. The van der Waals surface area contributed by atoms with Gasteiger partial charge in [-0.05, 0) is 55.7 Å².